The van der Waals surface area contributed by atoms with E-state index in [1.807, 2.05) is 6.20 Å². The molecule has 2 N–H and O–H groups in total. The third-order valence-electron chi connectivity index (χ3n) is 3.43. The van der Waals surface area contributed by atoms with Crippen molar-refractivity contribution in [2.24, 2.45) is 5.73 Å². The Bertz CT molecular complexity index is 392. The largest absolute Gasteiger partial charge is 0.325 e. The molecule has 0 saturated carbocycles. The first kappa shape index (κ1) is 13.8. The van der Waals surface area contributed by atoms with Crippen molar-refractivity contribution in [3.8, 4) is 0 Å². The lowest BCUT2D eigenvalue weighted by atomic mass is 10.1. The van der Waals surface area contributed by atoms with E-state index >= 15 is 0 Å². The van der Waals surface area contributed by atoms with E-state index in [2.05, 4.69) is 47.6 Å². The molecule has 0 bridgehead atoms. The first-order chi connectivity index (χ1) is 8.59. The number of rotatable bonds is 3. The predicted molar refractivity (Wildman–Crippen MR) is 78.6 cm³/mol. The lowest BCUT2D eigenvalue weighted by Crippen LogP contribution is -2.26. The van der Waals surface area contributed by atoms with E-state index in [4.69, 9.17) is 5.73 Å². The lowest BCUT2D eigenvalue weighted by molar-refractivity contribution is 0.276. The zero-order valence-corrected chi connectivity index (χ0v) is 12.2. The van der Waals surface area contributed by atoms with E-state index in [9.17, 15) is 0 Å². The van der Waals surface area contributed by atoms with Crippen molar-refractivity contribution >= 4 is 11.8 Å². The van der Waals surface area contributed by atoms with E-state index in [0.29, 0.717) is 11.3 Å². The second-order valence-corrected chi connectivity index (χ2v) is 7.30. The molecular formula is C14H23N3S. The van der Waals surface area contributed by atoms with Gasteiger partial charge in [0.2, 0.25) is 0 Å². The van der Waals surface area contributed by atoms with E-state index < -0.39 is 0 Å². The molecular weight excluding hydrogens is 242 g/mol. The van der Waals surface area contributed by atoms with Gasteiger partial charge in [0.05, 0.1) is 5.69 Å². The van der Waals surface area contributed by atoms with Gasteiger partial charge in [-0.1, -0.05) is 13.8 Å². The Kier molecular flexibility index (Phi) is 4.65. The minimum absolute atomic E-state index is 0.426. The fourth-order valence-corrected chi connectivity index (χ4v) is 3.35. The number of nitrogens with two attached hydrogens (primary N) is 1. The highest BCUT2D eigenvalue weighted by molar-refractivity contribution is 8.00. The number of hydrogen-bond acceptors (Lipinski definition) is 4. The van der Waals surface area contributed by atoms with Crippen LogP contribution in [0.4, 0.5) is 0 Å². The molecule has 0 spiro atoms. The van der Waals surface area contributed by atoms with Crippen LogP contribution in [0.5, 0.6) is 0 Å². The van der Waals surface area contributed by atoms with Crippen LogP contribution < -0.4 is 5.73 Å². The van der Waals surface area contributed by atoms with Crippen molar-refractivity contribution in [1.29, 1.82) is 0 Å². The minimum atomic E-state index is 0.426. The first-order valence-electron chi connectivity index (χ1n) is 6.59. The molecule has 0 radical (unpaired) electrons. The number of nitrogens with zero attached hydrogens (tertiary/aromatic N) is 2. The van der Waals surface area contributed by atoms with Crippen LogP contribution in [0.2, 0.25) is 0 Å². The molecule has 100 valence electrons. The summed E-state index contributed by atoms with van der Waals surface area (Å²) in [7, 11) is 0. The van der Waals surface area contributed by atoms with Crippen LogP contribution in [0.3, 0.4) is 0 Å². The smallest absolute Gasteiger partial charge is 0.0542 e. The Morgan fingerprint density at radius 2 is 2.28 bits per heavy atom. The number of hydrogen-bond donors (Lipinski definition) is 1. The van der Waals surface area contributed by atoms with Gasteiger partial charge in [0.15, 0.2) is 0 Å². The minimum Gasteiger partial charge on any atom is -0.325 e. The summed E-state index contributed by atoms with van der Waals surface area (Å²) in [5.41, 5.74) is 7.95. The Balaban J connectivity index is 1.96. The topological polar surface area (TPSA) is 42.2 Å². The molecule has 1 saturated heterocycles. The normalized spacial score (nSPS) is 20.6. The molecule has 1 aliphatic heterocycles. The highest BCUT2D eigenvalue weighted by Crippen LogP contribution is 2.30. The van der Waals surface area contributed by atoms with Gasteiger partial charge in [-0.25, -0.2) is 0 Å². The zero-order chi connectivity index (χ0) is 13.0. The number of aromatic nitrogens is 1. The van der Waals surface area contributed by atoms with Crippen LogP contribution in [0.25, 0.3) is 0 Å². The molecule has 3 nitrogen and oxygen atoms in total. The van der Waals surface area contributed by atoms with Gasteiger partial charge in [0.25, 0.3) is 0 Å². The lowest BCUT2D eigenvalue weighted by Gasteiger charge is -2.22. The molecule has 18 heavy (non-hydrogen) atoms. The average Bonchev–Trinajstić information content (AvgIpc) is 2.51. The van der Waals surface area contributed by atoms with Gasteiger partial charge >= 0.3 is 0 Å². The van der Waals surface area contributed by atoms with E-state index in [-0.39, 0.29) is 0 Å². The standard InChI is InChI=1S/C14H23N3S/c1-14(2)4-6-17(7-8-18-14)11-12-3-5-16-13(9-12)10-15/h3,5,9H,4,6-8,10-11,15H2,1-2H3. The predicted octanol–water partition coefficient (Wildman–Crippen LogP) is 2.26. The van der Waals surface area contributed by atoms with Gasteiger partial charge in [0.1, 0.15) is 0 Å². The average molecular weight is 265 g/mol. The summed E-state index contributed by atoms with van der Waals surface area (Å²) < 4.78 is 0.426. The first-order valence-corrected chi connectivity index (χ1v) is 7.58. The van der Waals surface area contributed by atoms with Gasteiger partial charge in [0, 0.05) is 36.3 Å². The molecule has 0 aliphatic carbocycles. The Morgan fingerprint density at radius 3 is 3.06 bits per heavy atom. The monoisotopic (exact) mass is 265 g/mol. The third kappa shape index (κ3) is 3.97. The molecule has 0 atom stereocenters. The summed E-state index contributed by atoms with van der Waals surface area (Å²) in [6.45, 7) is 8.60. The van der Waals surface area contributed by atoms with Crippen LogP contribution in [-0.4, -0.2) is 33.5 Å². The summed E-state index contributed by atoms with van der Waals surface area (Å²) in [6, 6.07) is 4.23. The Morgan fingerprint density at radius 1 is 1.44 bits per heavy atom. The summed E-state index contributed by atoms with van der Waals surface area (Å²) in [6.07, 6.45) is 3.13. The highest BCUT2D eigenvalue weighted by Gasteiger charge is 2.23. The molecule has 1 fully saturated rings. The highest BCUT2D eigenvalue weighted by atomic mass is 32.2. The quantitative estimate of drug-likeness (QED) is 0.910. The molecule has 4 heteroatoms. The van der Waals surface area contributed by atoms with Crippen LogP contribution >= 0.6 is 11.8 Å². The molecule has 2 heterocycles. The van der Waals surface area contributed by atoms with Crippen molar-refractivity contribution in [2.45, 2.75) is 38.1 Å². The fraction of sp³-hybridized carbons (Fsp3) is 0.643. The maximum absolute atomic E-state index is 5.63. The van der Waals surface area contributed by atoms with Gasteiger partial charge in [-0.15, -0.1) is 0 Å². The van der Waals surface area contributed by atoms with Gasteiger partial charge in [-0.2, -0.15) is 11.8 Å². The Labute approximate surface area is 114 Å². The second kappa shape index (κ2) is 6.04. The van der Waals surface area contributed by atoms with E-state index in [0.717, 1.165) is 12.2 Å². The number of pyridine rings is 1. The van der Waals surface area contributed by atoms with Gasteiger partial charge < -0.3 is 5.73 Å². The summed E-state index contributed by atoms with van der Waals surface area (Å²) in [4.78, 5) is 6.78. The van der Waals surface area contributed by atoms with Crippen molar-refractivity contribution in [3.05, 3.63) is 29.6 Å². The van der Waals surface area contributed by atoms with Crippen molar-refractivity contribution < 1.29 is 0 Å². The van der Waals surface area contributed by atoms with Crippen molar-refractivity contribution in [1.82, 2.24) is 9.88 Å². The molecule has 0 unspecified atom stereocenters. The zero-order valence-electron chi connectivity index (χ0n) is 11.4. The van der Waals surface area contributed by atoms with Gasteiger partial charge in [-0.05, 0) is 30.7 Å². The number of thioether (sulfide) groups is 1. The maximum atomic E-state index is 5.63. The molecule has 2 rings (SSSR count). The summed E-state index contributed by atoms with van der Waals surface area (Å²) >= 11 is 2.09. The molecule has 1 aromatic rings. The second-order valence-electron chi connectivity index (χ2n) is 5.49. The summed E-state index contributed by atoms with van der Waals surface area (Å²) in [5, 5.41) is 0. The molecule has 1 aliphatic rings. The fourth-order valence-electron chi connectivity index (χ4n) is 2.22. The Hall–Kier alpha value is -0.580. The third-order valence-corrected chi connectivity index (χ3v) is 4.80. The van der Waals surface area contributed by atoms with Crippen LogP contribution in [0, 0.1) is 0 Å². The summed E-state index contributed by atoms with van der Waals surface area (Å²) in [5.74, 6) is 1.22. The molecule has 1 aromatic heterocycles. The van der Waals surface area contributed by atoms with Gasteiger partial charge in [-0.3, -0.25) is 9.88 Å². The van der Waals surface area contributed by atoms with Crippen molar-refractivity contribution in [3.63, 3.8) is 0 Å². The van der Waals surface area contributed by atoms with Crippen LogP contribution in [-0.2, 0) is 13.1 Å². The van der Waals surface area contributed by atoms with E-state index in [1.54, 1.807) is 0 Å². The maximum Gasteiger partial charge on any atom is 0.0542 e. The molecule has 0 amide bonds. The van der Waals surface area contributed by atoms with E-state index in [1.165, 1.54) is 30.8 Å². The van der Waals surface area contributed by atoms with Crippen LogP contribution in [0.15, 0.2) is 18.3 Å². The molecule has 0 aromatic carbocycles. The van der Waals surface area contributed by atoms with Crippen LogP contribution in [0.1, 0.15) is 31.5 Å². The SMILES string of the molecule is CC1(C)CCN(Cc2ccnc(CN)c2)CCS1. The van der Waals surface area contributed by atoms with Crippen molar-refractivity contribution in [2.75, 3.05) is 18.8 Å².